The van der Waals surface area contributed by atoms with Gasteiger partial charge in [0.2, 0.25) is 17.7 Å². The summed E-state index contributed by atoms with van der Waals surface area (Å²) in [5.41, 5.74) is 5.74. The fourth-order valence-electron chi connectivity index (χ4n) is 2.00. The van der Waals surface area contributed by atoms with Gasteiger partial charge in [-0.05, 0) is 24.1 Å². The second kappa shape index (κ2) is 8.11. The van der Waals surface area contributed by atoms with Crippen LogP contribution in [-0.4, -0.2) is 29.8 Å². The smallest absolute Gasteiger partial charge is 0.243 e. The number of hydrogen-bond donors (Lipinski definition) is 3. The van der Waals surface area contributed by atoms with Crippen molar-refractivity contribution in [1.82, 2.24) is 10.6 Å². The van der Waals surface area contributed by atoms with Crippen LogP contribution in [0, 0.1) is 5.82 Å². The van der Waals surface area contributed by atoms with Crippen LogP contribution >= 0.6 is 0 Å². The van der Waals surface area contributed by atoms with E-state index in [9.17, 15) is 18.8 Å². The SMILES string of the molecule is CC[C@@H](NC(=O)[C@H](Cc1cccc(F)c1)NC(C)=O)C(N)=O. The molecule has 1 aromatic rings. The van der Waals surface area contributed by atoms with Gasteiger partial charge < -0.3 is 16.4 Å². The molecular weight excluding hydrogens is 289 g/mol. The van der Waals surface area contributed by atoms with Crippen molar-refractivity contribution in [3.05, 3.63) is 35.6 Å². The van der Waals surface area contributed by atoms with Crippen LogP contribution in [0.5, 0.6) is 0 Å². The summed E-state index contributed by atoms with van der Waals surface area (Å²) in [5, 5.41) is 4.97. The van der Waals surface area contributed by atoms with E-state index >= 15 is 0 Å². The van der Waals surface area contributed by atoms with E-state index in [1.54, 1.807) is 13.0 Å². The van der Waals surface area contributed by atoms with Crippen molar-refractivity contribution in [3.63, 3.8) is 0 Å². The van der Waals surface area contributed by atoms with Crippen LogP contribution in [0.2, 0.25) is 0 Å². The van der Waals surface area contributed by atoms with Crippen LogP contribution in [0.25, 0.3) is 0 Å². The fourth-order valence-corrected chi connectivity index (χ4v) is 2.00. The molecule has 2 atom stereocenters. The molecule has 0 aliphatic rings. The van der Waals surface area contributed by atoms with Gasteiger partial charge in [-0.15, -0.1) is 0 Å². The Kier molecular flexibility index (Phi) is 6.49. The van der Waals surface area contributed by atoms with Gasteiger partial charge in [0, 0.05) is 13.3 Å². The third-order valence-corrected chi connectivity index (χ3v) is 3.09. The Bertz CT molecular complexity index is 563. The molecule has 0 saturated heterocycles. The van der Waals surface area contributed by atoms with Crippen LogP contribution in [-0.2, 0) is 20.8 Å². The van der Waals surface area contributed by atoms with E-state index in [0.717, 1.165) is 0 Å². The molecule has 0 aromatic heterocycles. The third-order valence-electron chi connectivity index (χ3n) is 3.09. The molecule has 0 fully saturated rings. The Morgan fingerprint density at radius 3 is 2.41 bits per heavy atom. The summed E-state index contributed by atoms with van der Waals surface area (Å²) in [6.45, 7) is 2.98. The molecule has 4 N–H and O–H groups in total. The molecule has 1 rings (SSSR count). The lowest BCUT2D eigenvalue weighted by molar-refractivity contribution is -0.130. The highest BCUT2D eigenvalue weighted by Gasteiger charge is 2.24. The van der Waals surface area contributed by atoms with Crippen molar-refractivity contribution in [2.24, 2.45) is 5.73 Å². The predicted molar refractivity (Wildman–Crippen MR) is 79.1 cm³/mol. The van der Waals surface area contributed by atoms with Crippen molar-refractivity contribution in [2.45, 2.75) is 38.8 Å². The molecule has 0 radical (unpaired) electrons. The monoisotopic (exact) mass is 309 g/mol. The molecule has 0 aliphatic carbocycles. The minimum Gasteiger partial charge on any atom is -0.368 e. The molecule has 0 heterocycles. The van der Waals surface area contributed by atoms with Crippen molar-refractivity contribution < 1.29 is 18.8 Å². The maximum Gasteiger partial charge on any atom is 0.243 e. The van der Waals surface area contributed by atoms with E-state index in [4.69, 9.17) is 5.73 Å². The van der Waals surface area contributed by atoms with E-state index in [1.807, 2.05) is 0 Å². The maximum atomic E-state index is 13.2. The van der Waals surface area contributed by atoms with Crippen LogP contribution in [0.1, 0.15) is 25.8 Å². The molecule has 120 valence electrons. The lowest BCUT2D eigenvalue weighted by Crippen LogP contribution is -2.53. The van der Waals surface area contributed by atoms with E-state index in [1.165, 1.54) is 25.1 Å². The second-order valence-corrected chi connectivity index (χ2v) is 4.96. The number of halogens is 1. The standard InChI is InChI=1S/C15H20FN3O3/c1-3-12(14(17)21)19-15(22)13(18-9(2)20)8-10-5-4-6-11(16)7-10/h4-7,12-13H,3,8H2,1-2H3,(H2,17,21)(H,18,20)(H,19,22)/t12-,13+/m1/s1. The van der Waals surface area contributed by atoms with E-state index in [-0.39, 0.29) is 6.42 Å². The van der Waals surface area contributed by atoms with Gasteiger partial charge in [0.15, 0.2) is 0 Å². The molecule has 0 spiro atoms. The normalized spacial score (nSPS) is 13.0. The van der Waals surface area contributed by atoms with Crippen molar-refractivity contribution in [3.8, 4) is 0 Å². The van der Waals surface area contributed by atoms with Crippen molar-refractivity contribution >= 4 is 17.7 Å². The molecule has 0 unspecified atom stereocenters. The zero-order valence-electron chi connectivity index (χ0n) is 12.6. The summed E-state index contributed by atoms with van der Waals surface area (Å²) in [7, 11) is 0. The largest absolute Gasteiger partial charge is 0.368 e. The Morgan fingerprint density at radius 1 is 1.23 bits per heavy atom. The molecule has 0 aliphatic heterocycles. The summed E-state index contributed by atoms with van der Waals surface area (Å²) in [6, 6.07) is 4.02. The number of carbonyl (C=O) groups excluding carboxylic acids is 3. The highest BCUT2D eigenvalue weighted by atomic mass is 19.1. The molecule has 0 saturated carbocycles. The van der Waals surface area contributed by atoms with Crippen LogP contribution in [0.15, 0.2) is 24.3 Å². The molecule has 6 nitrogen and oxygen atoms in total. The molecule has 0 bridgehead atoms. The topological polar surface area (TPSA) is 101 Å². The van der Waals surface area contributed by atoms with Gasteiger partial charge in [0.1, 0.15) is 17.9 Å². The van der Waals surface area contributed by atoms with Gasteiger partial charge in [-0.1, -0.05) is 19.1 Å². The van der Waals surface area contributed by atoms with E-state index < -0.39 is 35.6 Å². The predicted octanol–water partition coefficient (Wildman–Crippen LogP) is 0.253. The summed E-state index contributed by atoms with van der Waals surface area (Å²) in [6.07, 6.45) is 0.451. The minimum atomic E-state index is -0.910. The average molecular weight is 309 g/mol. The van der Waals surface area contributed by atoms with Crippen LogP contribution in [0.3, 0.4) is 0 Å². The summed E-state index contributed by atoms with van der Waals surface area (Å²) < 4.78 is 13.2. The highest BCUT2D eigenvalue weighted by Crippen LogP contribution is 2.07. The van der Waals surface area contributed by atoms with Gasteiger partial charge in [0.25, 0.3) is 0 Å². The first-order valence-corrected chi connectivity index (χ1v) is 6.94. The Balaban J connectivity index is 2.85. The highest BCUT2D eigenvalue weighted by molar-refractivity contribution is 5.91. The number of carbonyl (C=O) groups is 3. The average Bonchev–Trinajstić information content (AvgIpc) is 2.43. The molecule has 22 heavy (non-hydrogen) atoms. The molecular formula is C15H20FN3O3. The number of amides is 3. The summed E-state index contributed by atoms with van der Waals surface area (Å²) in [5.74, 6) is -2.01. The number of rotatable bonds is 7. The van der Waals surface area contributed by atoms with Crippen molar-refractivity contribution in [1.29, 1.82) is 0 Å². The first kappa shape index (κ1) is 17.6. The number of benzene rings is 1. The number of hydrogen-bond acceptors (Lipinski definition) is 3. The van der Waals surface area contributed by atoms with Crippen LogP contribution < -0.4 is 16.4 Å². The Labute approximate surface area is 128 Å². The Hall–Kier alpha value is -2.44. The number of primary amides is 1. The lowest BCUT2D eigenvalue weighted by Gasteiger charge is -2.21. The molecule has 1 aromatic carbocycles. The summed E-state index contributed by atoms with van der Waals surface area (Å²) in [4.78, 5) is 34.6. The third kappa shape index (κ3) is 5.51. The fraction of sp³-hybridized carbons (Fsp3) is 0.400. The molecule has 3 amide bonds. The first-order valence-electron chi connectivity index (χ1n) is 6.94. The second-order valence-electron chi connectivity index (χ2n) is 4.96. The van der Waals surface area contributed by atoms with Gasteiger partial charge in [0.05, 0.1) is 0 Å². The van der Waals surface area contributed by atoms with Gasteiger partial charge in [-0.2, -0.15) is 0 Å². The minimum absolute atomic E-state index is 0.109. The maximum absolute atomic E-state index is 13.2. The quantitative estimate of drug-likeness (QED) is 0.673. The van der Waals surface area contributed by atoms with E-state index in [2.05, 4.69) is 10.6 Å². The van der Waals surface area contributed by atoms with Crippen molar-refractivity contribution in [2.75, 3.05) is 0 Å². The van der Waals surface area contributed by atoms with Gasteiger partial charge >= 0.3 is 0 Å². The number of nitrogens with two attached hydrogens (primary N) is 1. The lowest BCUT2D eigenvalue weighted by atomic mass is 10.0. The number of nitrogens with one attached hydrogen (secondary N) is 2. The zero-order chi connectivity index (χ0) is 16.7. The van der Waals surface area contributed by atoms with Crippen LogP contribution in [0.4, 0.5) is 4.39 Å². The first-order chi connectivity index (χ1) is 10.3. The van der Waals surface area contributed by atoms with Gasteiger partial charge in [-0.3, -0.25) is 14.4 Å². The van der Waals surface area contributed by atoms with E-state index in [0.29, 0.717) is 12.0 Å². The Morgan fingerprint density at radius 2 is 1.91 bits per heavy atom. The molecule has 7 heteroatoms. The summed E-state index contributed by atoms with van der Waals surface area (Å²) >= 11 is 0. The van der Waals surface area contributed by atoms with Gasteiger partial charge in [-0.25, -0.2) is 4.39 Å². The zero-order valence-corrected chi connectivity index (χ0v) is 12.6.